The summed E-state index contributed by atoms with van der Waals surface area (Å²) in [7, 11) is 0. The van der Waals surface area contributed by atoms with E-state index in [1.54, 1.807) is 11.8 Å². The van der Waals surface area contributed by atoms with Crippen LogP contribution in [0.15, 0.2) is 0 Å². The summed E-state index contributed by atoms with van der Waals surface area (Å²) in [6.07, 6.45) is 7.77. The van der Waals surface area contributed by atoms with Crippen molar-refractivity contribution in [2.45, 2.75) is 64.6 Å². The molecule has 0 aliphatic heterocycles. The minimum atomic E-state index is -0.935. The Morgan fingerprint density at radius 3 is 2.55 bits per heavy atom. The minimum Gasteiger partial charge on any atom is -0.480 e. The number of aliphatic carboxylic acids is 1. The van der Waals surface area contributed by atoms with Crippen molar-refractivity contribution in [2.24, 2.45) is 0 Å². The van der Waals surface area contributed by atoms with Crippen LogP contribution in [0.1, 0.15) is 52.9 Å². The summed E-state index contributed by atoms with van der Waals surface area (Å²) in [5.41, 5.74) is -0.170. The summed E-state index contributed by atoms with van der Waals surface area (Å²) in [4.78, 5) is 10.5. The van der Waals surface area contributed by atoms with Gasteiger partial charge in [0.05, 0.1) is 18.3 Å². The normalized spacial score (nSPS) is 13.4. The highest BCUT2D eigenvalue weighted by Gasteiger charge is 2.21. The molecule has 0 saturated heterocycles. The van der Waals surface area contributed by atoms with Crippen molar-refractivity contribution in [3.8, 4) is 0 Å². The molecule has 4 nitrogen and oxygen atoms in total. The van der Waals surface area contributed by atoms with Crippen molar-refractivity contribution in [1.82, 2.24) is 0 Å². The largest absolute Gasteiger partial charge is 0.480 e. The number of carbonyl (C=O) groups is 1. The lowest BCUT2D eigenvalue weighted by molar-refractivity contribution is -0.146. The maximum absolute atomic E-state index is 10.5. The lowest BCUT2D eigenvalue weighted by Crippen LogP contribution is -2.32. The molecule has 0 radical (unpaired) electrons. The molecule has 20 heavy (non-hydrogen) atoms. The number of hydrogen-bond acceptors (Lipinski definition) is 4. The second kappa shape index (κ2) is 11.4. The van der Waals surface area contributed by atoms with Gasteiger partial charge in [0.1, 0.15) is 6.61 Å². The minimum absolute atomic E-state index is 0.156. The third kappa shape index (κ3) is 11.6. The lowest BCUT2D eigenvalue weighted by Gasteiger charge is -2.28. The molecule has 0 aromatic heterocycles. The molecule has 0 rings (SSSR count). The summed E-state index contributed by atoms with van der Waals surface area (Å²) in [6.45, 7) is 6.58. The van der Waals surface area contributed by atoms with Crippen LogP contribution in [-0.2, 0) is 14.3 Å². The fourth-order valence-corrected chi connectivity index (χ4v) is 2.45. The molecule has 0 aromatic rings. The standard InChI is InChI=1S/C15H30O4S/c1-5-6-7-8-9-15(2,3)19-10-13(12-20-4)18-11-14(16)17/h13H,5-12H2,1-4H3,(H,16,17). The zero-order chi connectivity index (χ0) is 15.4. The van der Waals surface area contributed by atoms with Gasteiger partial charge in [0.2, 0.25) is 0 Å². The molecule has 0 saturated carbocycles. The van der Waals surface area contributed by atoms with Crippen molar-refractivity contribution < 1.29 is 19.4 Å². The average molecular weight is 306 g/mol. The fraction of sp³-hybridized carbons (Fsp3) is 0.933. The van der Waals surface area contributed by atoms with Gasteiger partial charge in [-0.2, -0.15) is 11.8 Å². The predicted molar refractivity (Wildman–Crippen MR) is 84.5 cm³/mol. The first kappa shape index (κ1) is 19.7. The summed E-state index contributed by atoms with van der Waals surface area (Å²) in [5.74, 6) is -0.186. The molecule has 0 aliphatic rings. The zero-order valence-corrected chi connectivity index (χ0v) is 14.1. The van der Waals surface area contributed by atoms with Crippen LogP contribution in [0.4, 0.5) is 0 Å². The summed E-state index contributed by atoms with van der Waals surface area (Å²) >= 11 is 1.64. The van der Waals surface area contributed by atoms with Gasteiger partial charge in [-0.3, -0.25) is 0 Å². The van der Waals surface area contributed by atoms with Gasteiger partial charge in [-0.05, 0) is 26.5 Å². The third-order valence-corrected chi connectivity index (χ3v) is 3.79. The Morgan fingerprint density at radius 1 is 1.30 bits per heavy atom. The molecule has 0 aliphatic carbocycles. The summed E-state index contributed by atoms with van der Waals surface area (Å²) < 4.78 is 11.3. The van der Waals surface area contributed by atoms with E-state index in [9.17, 15) is 4.79 Å². The first-order chi connectivity index (χ1) is 9.41. The molecular weight excluding hydrogens is 276 g/mol. The van der Waals surface area contributed by atoms with Crippen LogP contribution in [0.5, 0.6) is 0 Å². The lowest BCUT2D eigenvalue weighted by atomic mass is 10.00. The molecule has 0 aromatic carbocycles. The summed E-state index contributed by atoms with van der Waals surface area (Å²) in [6, 6.07) is 0. The van der Waals surface area contributed by atoms with E-state index in [1.807, 2.05) is 6.26 Å². The molecule has 120 valence electrons. The van der Waals surface area contributed by atoms with Crippen LogP contribution < -0.4 is 0 Å². The number of thioether (sulfide) groups is 1. The average Bonchev–Trinajstić information content (AvgIpc) is 2.38. The van der Waals surface area contributed by atoms with Crippen LogP contribution in [0.25, 0.3) is 0 Å². The van der Waals surface area contributed by atoms with Crippen LogP contribution in [0.2, 0.25) is 0 Å². The molecule has 1 N–H and O–H groups in total. The monoisotopic (exact) mass is 306 g/mol. The molecule has 1 atom stereocenters. The molecule has 0 bridgehead atoms. The number of carboxylic acids is 1. The van der Waals surface area contributed by atoms with Gasteiger partial charge in [-0.25, -0.2) is 4.79 Å². The highest BCUT2D eigenvalue weighted by atomic mass is 32.2. The SMILES string of the molecule is CCCCCCC(C)(C)OCC(CSC)OCC(=O)O. The Hall–Kier alpha value is -0.260. The summed E-state index contributed by atoms with van der Waals surface area (Å²) in [5, 5.41) is 8.65. The Labute approximate surface area is 127 Å². The molecule has 0 amide bonds. The van der Waals surface area contributed by atoms with E-state index in [4.69, 9.17) is 14.6 Å². The van der Waals surface area contributed by atoms with E-state index in [0.29, 0.717) is 6.61 Å². The smallest absolute Gasteiger partial charge is 0.329 e. The van der Waals surface area contributed by atoms with Crippen molar-refractivity contribution >= 4 is 17.7 Å². The quantitative estimate of drug-likeness (QED) is 0.527. The Balaban J connectivity index is 3.99. The Bertz CT molecular complexity index is 256. The maximum atomic E-state index is 10.5. The van der Waals surface area contributed by atoms with E-state index < -0.39 is 5.97 Å². The van der Waals surface area contributed by atoms with Crippen LogP contribution >= 0.6 is 11.8 Å². The highest BCUT2D eigenvalue weighted by molar-refractivity contribution is 7.98. The zero-order valence-electron chi connectivity index (χ0n) is 13.3. The van der Waals surface area contributed by atoms with E-state index in [0.717, 1.165) is 12.2 Å². The topological polar surface area (TPSA) is 55.8 Å². The Kier molecular flexibility index (Phi) is 11.3. The highest BCUT2D eigenvalue weighted by Crippen LogP contribution is 2.20. The van der Waals surface area contributed by atoms with Crippen LogP contribution in [0.3, 0.4) is 0 Å². The van der Waals surface area contributed by atoms with Gasteiger partial charge in [-0.15, -0.1) is 0 Å². The number of carboxylic acid groups (broad SMARTS) is 1. The number of ether oxygens (including phenoxy) is 2. The number of rotatable bonds is 13. The molecule has 0 heterocycles. The third-order valence-electron chi connectivity index (χ3n) is 3.09. The van der Waals surface area contributed by atoms with Gasteiger partial charge in [-0.1, -0.05) is 32.6 Å². The van der Waals surface area contributed by atoms with Crippen molar-refractivity contribution in [2.75, 3.05) is 25.2 Å². The van der Waals surface area contributed by atoms with Crippen molar-refractivity contribution in [3.05, 3.63) is 0 Å². The molecule has 5 heteroatoms. The van der Waals surface area contributed by atoms with E-state index >= 15 is 0 Å². The first-order valence-electron chi connectivity index (χ1n) is 7.37. The van der Waals surface area contributed by atoms with Gasteiger partial charge >= 0.3 is 5.97 Å². The number of hydrogen-bond donors (Lipinski definition) is 1. The molecule has 0 fully saturated rings. The maximum Gasteiger partial charge on any atom is 0.329 e. The molecule has 0 spiro atoms. The van der Waals surface area contributed by atoms with Gasteiger partial charge in [0.25, 0.3) is 0 Å². The predicted octanol–water partition coefficient (Wildman–Crippen LogP) is 3.58. The second-order valence-electron chi connectivity index (χ2n) is 5.66. The van der Waals surface area contributed by atoms with E-state index in [1.165, 1.54) is 25.7 Å². The van der Waals surface area contributed by atoms with E-state index in [-0.39, 0.29) is 18.3 Å². The van der Waals surface area contributed by atoms with Crippen molar-refractivity contribution in [3.63, 3.8) is 0 Å². The number of unbranched alkanes of at least 4 members (excludes halogenated alkanes) is 3. The van der Waals surface area contributed by atoms with Crippen molar-refractivity contribution in [1.29, 1.82) is 0 Å². The van der Waals surface area contributed by atoms with Gasteiger partial charge in [0, 0.05) is 5.75 Å². The second-order valence-corrected chi connectivity index (χ2v) is 6.57. The fourth-order valence-electron chi connectivity index (χ4n) is 1.89. The van der Waals surface area contributed by atoms with E-state index in [2.05, 4.69) is 20.8 Å². The van der Waals surface area contributed by atoms with Crippen LogP contribution in [0, 0.1) is 0 Å². The first-order valence-corrected chi connectivity index (χ1v) is 8.77. The Morgan fingerprint density at radius 2 is 2.00 bits per heavy atom. The van der Waals surface area contributed by atoms with Gasteiger partial charge in [0.15, 0.2) is 0 Å². The molecular formula is C15H30O4S. The van der Waals surface area contributed by atoms with Crippen LogP contribution in [-0.4, -0.2) is 48.0 Å². The van der Waals surface area contributed by atoms with Gasteiger partial charge < -0.3 is 14.6 Å². The molecule has 1 unspecified atom stereocenters.